The van der Waals surface area contributed by atoms with Crippen molar-refractivity contribution in [3.8, 4) is 0 Å². The summed E-state index contributed by atoms with van der Waals surface area (Å²) in [5.74, 6) is 0.683. The van der Waals surface area contributed by atoms with Crippen molar-refractivity contribution in [3.63, 3.8) is 0 Å². The van der Waals surface area contributed by atoms with Crippen LogP contribution in [0.1, 0.15) is 58.3 Å². The van der Waals surface area contributed by atoms with E-state index in [1.807, 2.05) is 27.7 Å². The molecule has 2 aromatic heterocycles. The number of nitrogens with one attached hydrogen (secondary N) is 1. The van der Waals surface area contributed by atoms with E-state index in [2.05, 4.69) is 15.4 Å². The Balaban J connectivity index is 1.88. The van der Waals surface area contributed by atoms with Gasteiger partial charge in [0.15, 0.2) is 9.84 Å². The van der Waals surface area contributed by atoms with E-state index in [1.165, 1.54) is 11.3 Å². The molecule has 0 bridgehead atoms. The van der Waals surface area contributed by atoms with Crippen LogP contribution in [0.15, 0.2) is 6.07 Å². The molecule has 0 saturated carbocycles. The lowest BCUT2D eigenvalue weighted by atomic mass is 10.1. The van der Waals surface area contributed by atoms with Gasteiger partial charge in [0.25, 0.3) is 5.91 Å². The highest BCUT2D eigenvalue weighted by molar-refractivity contribution is 7.91. The molecule has 136 valence electrons. The van der Waals surface area contributed by atoms with Gasteiger partial charge in [-0.2, -0.15) is 5.10 Å². The molecule has 1 saturated heterocycles. The number of aromatic nitrogens is 3. The van der Waals surface area contributed by atoms with Crippen molar-refractivity contribution in [2.45, 2.75) is 46.1 Å². The first-order chi connectivity index (χ1) is 11.7. The van der Waals surface area contributed by atoms with Gasteiger partial charge < -0.3 is 5.32 Å². The lowest BCUT2D eigenvalue weighted by molar-refractivity contribution is 0.102. The van der Waals surface area contributed by atoms with Crippen molar-refractivity contribution in [3.05, 3.63) is 27.3 Å². The maximum Gasteiger partial charge on any atom is 0.268 e. The van der Waals surface area contributed by atoms with E-state index in [1.54, 1.807) is 10.7 Å². The van der Waals surface area contributed by atoms with Crippen LogP contribution >= 0.6 is 11.3 Å². The van der Waals surface area contributed by atoms with Gasteiger partial charge in [-0.3, -0.25) is 4.79 Å². The predicted octanol–water partition coefficient (Wildman–Crippen LogP) is 2.69. The molecule has 1 amide bonds. The van der Waals surface area contributed by atoms with Crippen LogP contribution < -0.4 is 5.32 Å². The zero-order valence-corrected chi connectivity index (χ0v) is 16.4. The van der Waals surface area contributed by atoms with Gasteiger partial charge in [0.2, 0.25) is 0 Å². The van der Waals surface area contributed by atoms with Crippen LogP contribution in [-0.2, 0) is 9.84 Å². The Labute approximate surface area is 151 Å². The second kappa shape index (κ2) is 6.53. The summed E-state index contributed by atoms with van der Waals surface area (Å²) < 4.78 is 25.2. The minimum absolute atomic E-state index is 0.0634. The first kappa shape index (κ1) is 18.1. The number of sulfone groups is 1. The Bertz CT molecular complexity index is 912. The molecule has 2 aromatic rings. The average Bonchev–Trinajstić information content (AvgIpc) is 3.16. The van der Waals surface area contributed by atoms with E-state index in [4.69, 9.17) is 0 Å². The summed E-state index contributed by atoms with van der Waals surface area (Å²) in [4.78, 5) is 17.8. The van der Waals surface area contributed by atoms with Crippen LogP contribution in [0, 0.1) is 13.8 Å². The lowest BCUT2D eigenvalue weighted by Gasteiger charge is -2.14. The van der Waals surface area contributed by atoms with E-state index >= 15 is 0 Å². The number of hydrogen-bond donors (Lipinski definition) is 1. The molecule has 25 heavy (non-hydrogen) atoms. The van der Waals surface area contributed by atoms with Gasteiger partial charge in [0, 0.05) is 6.07 Å². The van der Waals surface area contributed by atoms with Gasteiger partial charge in [-0.1, -0.05) is 13.8 Å². The summed E-state index contributed by atoms with van der Waals surface area (Å²) >= 11 is 1.37. The summed E-state index contributed by atoms with van der Waals surface area (Å²) in [6.07, 6.45) is 0.517. The molecule has 0 aliphatic carbocycles. The Morgan fingerprint density at radius 3 is 2.72 bits per heavy atom. The monoisotopic (exact) mass is 382 g/mol. The summed E-state index contributed by atoms with van der Waals surface area (Å²) in [5, 5.41) is 8.14. The Kier molecular flexibility index (Phi) is 4.72. The van der Waals surface area contributed by atoms with E-state index in [0.717, 1.165) is 16.4 Å². The van der Waals surface area contributed by atoms with Gasteiger partial charge in [-0.25, -0.2) is 18.1 Å². The number of aryl methyl sites for hydroxylation is 2. The molecule has 7 nitrogen and oxygen atoms in total. The number of thiazole rings is 1. The van der Waals surface area contributed by atoms with Gasteiger partial charge in [0.1, 0.15) is 10.7 Å². The van der Waals surface area contributed by atoms with Gasteiger partial charge in [-0.15, -0.1) is 11.3 Å². The molecule has 9 heteroatoms. The quantitative estimate of drug-likeness (QED) is 0.877. The molecule has 1 N–H and O–H groups in total. The molecular weight excluding hydrogens is 360 g/mol. The maximum absolute atomic E-state index is 12.8. The van der Waals surface area contributed by atoms with Crippen LogP contribution in [0.25, 0.3) is 0 Å². The average molecular weight is 383 g/mol. The maximum atomic E-state index is 12.8. The topological polar surface area (TPSA) is 94.0 Å². The van der Waals surface area contributed by atoms with Crippen molar-refractivity contribution >= 4 is 32.9 Å². The molecule has 0 radical (unpaired) electrons. The van der Waals surface area contributed by atoms with Gasteiger partial charge in [-0.05, 0) is 26.2 Å². The molecule has 3 rings (SSSR count). The third-order valence-electron chi connectivity index (χ3n) is 4.17. The summed E-state index contributed by atoms with van der Waals surface area (Å²) in [5.41, 5.74) is 1.52. The molecule has 1 unspecified atom stereocenters. The lowest BCUT2D eigenvalue weighted by Crippen LogP contribution is -2.20. The van der Waals surface area contributed by atoms with Crippen molar-refractivity contribution in [1.29, 1.82) is 0 Å². The smallest absolute Gasteiger partial charge is 0.268 e. The molecule has 0 aromatic carbocycles. The Hall–Kier alpha value is -1.74. The molecular formula is C16H22N4O3S2. The number of rotatable bonds is 4. The van der Waals surface area contributed by atoms with Crippen LogP contribution in [0.4, 0.5) is 5.82 Å². The molecule has 1 atom stereocenters. The number of nitrogens with zero attached hydrogens (tertiary/aromatic N) is 3. The van der Waals surface area contributed by atoms with E-state index in [0.29, 0.717) is 17.1 Å². The fourth-order valence-corrected chi connectivity index (χ4v) is 5.69. The van der Waals surface area contributed by atoms with E-state index in [9.17, 15) is 13.2 Å². The van der Waals surface area contributed by atoms with Crippen molar-refractivity contribution in [2.75, 3.05) is 16.8 Å². The summed E-state index contributed by atoms with van der Waals surface area (Å²) in [7, 11) is -3.03. The molecule has 0 spiro atoms. The van der Waals surface area contributed by atoms with Crippen LogP contribution in [-0.4, -0.2) is 40.6 Å². The molecule has 1 aliphatic heterocycles. The Morgan fingerprint density at radius 2 is 2.12 bits per heavy atom. The van der Waals surface area contributed by atoms with Gasteiger partial charge >= 0.3 is 0 Å². The SMILES string of the molecule is Cc1cc(NC(=O)c2sc(C)nc2C(C)C)n(C2CCS(=O)(=O)C2)n1. The van der Waals surface area contributed by atoms with E-state index < -0.39 is 9.84 Å². The largest absolute Gasteiger partial charge is 0.306 e. The normalized spacial score (nSPS) is 19.5. The van der Waals surface area contributed by atoms with E-state index in [-0.39, 0.29) is 29.4 Å². The summed E-state index contributed by atoms with van der Waals surface area (Å²) in [6, 6.07) is 1.54. The highest BCUT2D eigenvalue weighted by Crippen LogP contribution is 2.29. The number of amides is 1. The van der Waals surface area contributed by atoms with Crippen molar-refractivity contribution < 1.29 is 13.2 Å². The number of carbonyl (C=O) groups excluding carboxylic acids is 1. The van der Waals surface area contributed by atoms with Crippen LogP contribution in [0.5, 0.6) is 0 Å². The fraction of sp³-hybridized carbons (Fsp3) is 0.562. The number of anilines is 1. The highest BCUT2D eigenvalue weighted by atomic mass is 32.2. The third kappa shape index (κ3) is 3.77. The molecule has 1 fully saturated rings. The minimum Gasteiger partial charge on any atom is -0.306 e. The van der Waals surface area contributed by atoms with Crippen molar-refractivity contribution in [2.24, 2.45) is 0 Å². The second-order valence-corrected chi connectivity index (χ2v) is 10.2. The molecule has 1 aliphatic rings. The minimum atomic E-state index is -3.03. The van der Waals surface area contributed by atoms with Crippen molar-refractivity contribution in [1.82, 2.24) is 14.8 Å². The van der Waals surface area contributed by atoms with Crippen LogP contribution in [0.2, 0.25) is 0 Å². The zero-order valence-electron chi connectivity index (χ0n) is 14.7. The standard InChI is InChI=1S/C16H22N4O3S2/c1-9(2)14-15(24-11(4)17-14)16(21)18-13-7-10(3)19-20(13)12-5-6-25(22,23)8-12/h7,9,12H,5-6,8H2,1-4H3,(H,18,21). The zero-order chi connectivity index (χ0) is 18.4. The Morgan fingerprint density at radius 1 is 1.40 bits per heavy atom. The summed E-state index contributed by atoms with van der Waals surface area (Å²) in [6.45, 7) is 7.71. The highest BCUT2D eigenvalue weighted by Gasteiger charge is 2.31. The second-order valence-electron chi connectivity index (χ2n) is 6.73. The molecule has 3 heterocycles. The predicted molar refractivity (Wildman–Crippen MR) is 98.2 cm³/mol. The van der Waals surface area contributed by atoms with Crippen LogP contribution in [0.3, 0.4) is 0 Å². The third-order valence-corrected chi connectivity index (χ3v) is 6.90. The first-order valence-corrected chi connectivity index (χ1v) is 10.9. The fourth-order valence-electron chi connectivity index (χ4n) is 3.03. The first-order valence-electron chi connectivity index (χ1n) is 8.21. The number of hydrogen-bond acceptors (Lipinski definition) is 6. The van der Waals surface area contributed by atoms with Gasteiger partial charge in [0.05, 0.1) is 33.9 Å². The number of carbonyl (C=O) groups is 1.